The first-order chi connectivity index (χ1) is 12.4. The summed E-state index contributed by atoms with van der Waals surface area (Å²) in [4.78, 5) is 32.9. The molecule has 0 bridgehead atoms. The van der Waals surface area contributed by atoms with Gasteiger partial charge < -0.3 is 9.88 Å². The van der Waals surface area contributed by atoms with Crippen molar-refractivity contribution in [2.45, 2.75) is 33.6 Å². The third-order valence-electron chi connectivity index (χ3n) is 4.38. The van der Waals surface area contributed by atoms with Crippen molar-refractivity contribution in [3.63, 3.8) is 0 Å². The fraction of sp³-hybridized carbons (Fsp3) is 0.300. The molecule has 0 aromatic carbocycles. The number of hydrogen-bond donors (Lipinski definition) is 1. The SMILES string of the molecule is CCCc1cc(C)c(-c2cc3cnc(NC(C)=O)cc3n(C)c2=O)cn1. The summed E-state index contributed by atoms with van der Waals surface area (Å²) in [5, 5.41) is 3.47. The molecule has 3 heterocycles. The number of nitrogens with one attached hydrogen (secondary N) is 1. The van der Waals surface area contributed by atoms with Gasteiger partial charge >= 0.3 is 0 Å². The second-order valence-electron chi connectivity index (χ2n) is 6.47. The molecule has 0 unspecified atom stereocenters. The van der Waals surface area contributed by atoms with E-state index in [1.165, 1.54) is 6.92 Å². The molecule has 134 valence electrons. The van der Waals surface area contributed by atoms with E-state index in [4.69, 9.17) is 0 Å². The molecule has 6 heteroatoms. The first-order valence-corrected chi connectivity index (χ1v) is 8.64. The number of amides is 1. The number of rotatable bonds is 4. The van der Waals surface area contributed by atoms with Gasteiger partial charge in [0.15, 0.2) is 0 Å². The third-order valence-corrected chi connectivity index (χ3v) is 4.38. The van der Waals surface area contributed by atoms with Gasteiger partial charge in [0, 0.05) is 54.6 Å². The number of aryl methyl sites for hydroxylation is 3. The smallest absolute Gasteiger partial charge is 0.258 e. The van der Waals surface area contributed by atoms with Gasteiger partial charge in [-0.25, -0.2) is 4.98 Å². The van der Waals surface area contributed by atoms with E-state index in [-0.39, 0.29) is 11.5 Å². The Balaban J connectivity index is 2.15. The molecule has 0 spiro atoms. The average Bonchev–Trinajstić information content (AvgIpc) is 2.59. The largest absolute Gasteiger partial charge is 0.311 e. The lowest BCUT2D eigenvalue weighted by atomic mass is 10.0. The van der Waals surface area contributed by atoms with Crippen molar-refractivity contribution in [3.8, 4) is 11.1 Å². The summed E-state index contributed by atoms with van der Waals surface area (Å²) in [6.07, 6.45) is 5.40. The monoisotopic (exact) mass is 350 g/mol. The Morgan fingerprint density at radius 3 is 2.58 bits per heavy atom. The summed E-state index contributed by atoms with van der Waals surface area (Å²) in [6, 6.07) is 5.59. The Hall–Kier alpha value is -3.02. The van der Waals surface area contributed by atoms with Crippen LogP contribution in [0.4, 0.5) is 5.82 Å². The van der Waals surface area contributed by atoms with Crippen LogP contribution < -0.4 is 10.9 Å². The van der Waals surface area contributed by atoms with E-state index in [2.05, 4.69) is 22.2 Å². The Labute approximate surface area is 151 Å². The number of pyridine rings is 3. The number of carbonyl (C=O) groups is 1. The molecule has 3 rings (SSSR count). The van der Waals surface area contributed by atoms with Crippen molar-refractivity contribution in [2.75, 3.05) is 5.32 Å². The van der Waals surface area contributed by atoms with E-state index in [0.29, 0.717) is 16.9 Å². The van der Waals surface area contributed by atoms with Gasteiger partial charge in [-0.2, -0.15) is 0 Å². The second kappa shape index (κ2) is 7.07. The zero-order chi connectivity index (χ0) is 18.8. The number of fused-ring (bicyclic) bond motifs is 1. The zero-order valence-corrected chi connectivity index (χ0v) is 15.5. The van der Waals surface area contributed by atoms with Crippen LogP contribution in [0, 0.1) is 6.92 Å². The molecule has 1 N–H and O–H groups in total. The van der Waals surface area contributed by atoms with Crippen LogP contribution in [0.3, 0.4) is 0 Å². The molecule has 3 aromatic rings. The maximum atomic E-state index is 12.9. The van der Waals surface area contributed by atoms with E-state index in [0.717, 1.165) is 35.0 Å². The van der Waals surface area contributed by atoms with E-state index < -0.39 is 0 Å². The van der Waals surface area contributed by atoms with Gasteiger partial charge in [-0.15, -0.1) is 0 Å². The Morgan fingerprint density at radius 2 is 1.92 bits per heavy atom. The molecule has 6 nitrogen and oxygen atoms in total. The molecule has 0 aliphatic carbocycles. The number of aromatic nitrogens is 3. The van der Waals surface area contributed by atoms with Crippen LogP contribution in [0.5, 0.6) is 0 Å². The first kappa shape index (κ1) is 17.8. The van der Waals surface area contributed by atoms with Gasteiger partial charge in [0.25, 0.3) is 5.56 Å². The van der Waals surface area contributed by atoms with Crippen LogP contribution >= 0.6 is 0 Å². The van der Waals surface area contributed by atoms with Crippen LogP contribution in [0.25, 0.3) is 22.0 Å². The Kier molecular flexibility index (Phi) is 4.84. The van der Waals surface area contributed by atoms with Crippen molar-refractivity contribution in [3.05, 3.63) is 52.2 Å². The Bertz CT molecular complexity index is 1050. The van der Waals surface area contributed by atoms with E-state index >= 15 is 0 Å². The zero-order valence-electron chi connectivity index (χ0n) is 15.5. The fourth-order valence-corrected chi connectivity index (χ4v) is 3.10. The van der Waals surface area contributed by atoms with Crippen LogP contribution in [0.2, 0.25) is 0 Å². The van der Waals surface area contributed by atoms with Crippen molar-refractivity contribution in [1.82, 2.24) is 14.5 Å². The lowest BCUT2D eigenvalue weighted by molar-refractivity contribution is -0.114. The van der Waals surface area contributed by atoms with E-state index in [9.17, 15) is 9.59 Å². The summed E-state index contributed by atoms with van der Waals surface area (Å²) in [5.41, 5.74) is 4.10. The van der Waals surface area contributed by atoms with Crippen LogP contribution in [-0.4, -0.2) is 20.4 Å². The molecular formula is C20H22N4O2. The van der Waals surface area contributed by atoms with Gasteiger partial charge in [-0.3, -0.25) is 14.6 Å². The molecule has 0 aliphatic rings. The summed E-state index contributed by atoms with van der Waals surface area (Å²) in [5.74, 6) is 0.224. The van der Waals surface area contributed by atoms with Crippen molar-refractivity contribution in [2.24, 2.45) is 7.05 Å². The van der Waals surface area contributed by atoms with Crippen LogP contribution in [-0.2, 0) is 18.3 Å². The number of carbonyl (C=O) groups excluding carboxylic acids is 1. The predicted molar refractivity (Wildman–Crippen MR) is 103 cm³/mol. The highest BCUT2D eigenvalue weighted by Crippen LogP contribution is 2.24. The summed E-state index contributed by atoms with van der Waals surface area (Å²) < 4.78 is 1.58. The lowest BCUT2D eigenvalue weighted by Crippen LogP contribution is -2.20. The molecule has 0 atom stereocenters. The molecule has 0 aliphatic heterocycles. The van der Waals surface area contributed by atoms with Gasteiger partial charge in [-0.05, 0) is 31.0 Å². The Morgan fingerprint density at radius 1 is 1.15 bits per heavy atom. The molecular weight excluding hydrogens is 328 g/mol. The fourth-order valence-electron chi connectivity index (χ4n) is 3.10. The molecule has 1 amide bonds. The van der Waals surface area contributed by atoms with Crippen LogP contribution in [0.1, 0.15) is 31.5 Å². The topological polar surface area (TPSA) is 76.9 Å². The molecule has 0 fully saturated rings. The normalized spacial score (nSPS) is 10.9. The maximum absolute atomic E-state index is 12.9. The van der Waals surface area contributed by atoms with Gasteiger partial charge in [0.2, 0.25) is 5.91 Å². The third kappa shape index (κ3) is 3.35. The van der Waals surface area contributed by atoms with Gasteiger partial charge in [0.1, 0.15) is 5.82 Å². The number of anilines is 1. The number of nitrogens with zero attached hydrogens (tertiary/aromatic N) is 3. The molecule has 3 aromatic heterocycles. The number of hydrogen-bond acceptors (Lipinski definition) is 4. The minimum Gasteiger partial charge on any atom is -0.311 e. The average molecular weight is 350 g/mol. The van der Waals surface area contributed by atoms with Gasteiger partial charge in [0.05, 0.1) is 5.52 Å². The highest BCUT2D eigenvalue weighted by atomic mass is 16.1. The maximum Gasteiger partial charge on any atom is 0.258 e. The first-order valence-electron chi connectivity index (χ1n) is 8.64. The lowest BCUT2D eigenvalue weighted by Gasteiger charge is -2.12. The van der Waals surface area contributed by atoms with Crippen molar-refractivity contribution < 1.29 is 4.79 Å². The standard InChI is InChI=1S/C20H22N4O2/c1-5-6-15-7-12(2)17(11-21-15)16-8-14-10-22-19(23-13(3)25)9-18(14)24(4)20(16)26/h7-11H,5-6H2,1-4H3,(H,22,23,25). The van der Waals surface area contributed by atoms with Crippen molar-refractivity contribution >= 4 is 22.6 Å². The minimum atomic E-state index is -0.202. The van der Waals surface area contributed by atoms with E-state index in [1.54, 1.807) is 30.1 Å². The van der Waals surface area contributed by atoms with Gasteiger partial charge in [-0.1, -0.05) is 13.3 Å². The molecule has 0 saturated carbocycles. The molecule has 26 heavy (non-hydrogen) atoms. The van der Waals surface area contributed by atoms with E-state index in [1.807, 2.05) is 19.1 Å². The summed E-state index contributed by atoms with van der Waals surface area (Å²) in [7, 11) is 1.72. The summed E-state index contributed by atoms with van der Waals surface area (Å²) >= 11 is 0. The van der Waals surface area contributed by atoms with Crippen LogP contribution in [0.15, 0.2) is 35.4 Å². The highest BCUT2D eigenvalue weighted by molar-refractivity contribution is 5.91. The summed E-state index contributed by atoms with van der Waals surface area (Å²) in [6.45, 7) is 5.54. The predicted octanol–water partition coefficient (Wildman–Crippen LogP) is 3.21. The molecule has 0 radical (unpaired) electrons. The van der Waals surface area contributed by atoms with Crippen molar-refractivity contribution in [1.29, 1.82) is 0 Å². The molecule has 0 saturated heterocycles. The minimum absolute atomic E-state index is 0.106. The highest BCUT2D eigenvalue weighted by Gasteiger charge is 2.13. The quantitative estimate of drug-likeness (QED) is 0.784. The second-order valence-corrected chi connectivity index (χ2v) is 6.47.